The van der Waals surface area contributed by atoms with E-state index in [0.717, 1.165) is 58.3 Å². The van der Waals surface area contributed by atoms with E-state index < -0.39 is 0 Å². The van der Waals surface area contributed by atoms with E-state index in [1.165, 1.54) is 0 Å². The van der Waals surface area contributed by atoms with Gasteiger partial charge in [0.15, 0.2) is 17.0 Å². The lowest BCUT2D eigenvalue weighted by molar-refractivity contribution is 0.0797. The highest BCUT2D eigenvalue weighted by Crippen LogP contribution is 2.33. The predicted molar refractivity (Wildman–Crippen MR) is 133 cm³/mol. The smallest absolute Gasteiger partial charge is 0.229 e. The van der Waals surface area contributed by atoms with Gasteiger partial charge in [0, 0.05) is 35.8 Å². The van der Waals surface area contributed by atoms with Crippen molar-refractivity contribution >= 4 is 33.8 Å². The van der Waals surface area contributed by atoms with E-state index in [0.29, 0.717) is 32.3 Å². The molecule has 0 aliphatic carbocycles. The van der Waals surface area contributed by atoms with Crippen LogP contribution in [0.4, 0.5) is 11.8 Å². The highest BCUT2D eigenvalue weighted by atomic mass is 16.5. The number of hydrogen-bond acceptors (Lipinski definition) is 7. The van der Waals surface area contributed by atoms with Crippen LogP contribution in [-0.4, -0.2) is 76.5 Å². The quantitative estimate of drug-likeness (QED) is 0.480. The second-order valence-electron chi connectivity index (χ2n) is 9.57. The third kappa shape index (κ3) is 3.59. The number of rotatable bonds is 4. The molecule has 9 nitrogen and oxygen atoms in total. The standard InChI is InChI=1S/C25H31N7O2/c1-15(2)20-14-34-12-10-32(20)25-29-23-21(24(30-25)31-9-11-33-13-16(31)3)27-22(28-23)18-5-4-6-19-17(18)7-8-26-19/h4-8,15-16,20,26H,9-14H2,1-3H3,(H,27,28,29,30)/t16-,20+/m1/s1. The second-order valence-corrected chi connectivity index (χ2v) is 9.57. The number of benzene rings is 1. The van der Waals surface area contributed by atoms with Gasteiger partial charge in [-0.3, -0.25) is 0 Å². The molecule has 9 heteroatoms. The van der Waals surface area contributed by atoms with Gasteiger partial charge in [0.05, 0.1) is 38.5 Å². The molecule has 0 spiro atoms. The lowest BCUT2D eigenvalue weighted by Crippen LogP contribution is -2.49. The number of morpholine rings is 2. The summed E-state index contributed by atoms with van der Waals surface area (Å²) in [5.74, 6) is 2.83. The molecule has 6 rings (SSSR count). The molecule has 34 heavy (non-hydrogen) atoms. The molecule has 2 fully saturated rings. The van der Waals surface area contributed by atoms with Gasteiger partial charge in [-0.05, 0) is 25.0 Å². The first-order valence-corrected chi connectivity index (χ1v) is 12.1. The van der Waals surface area contributed by atoms with Crippen molar-refractivity contribution in [2.24, 2.45) is 5.92 Å². The number of nitrogens with zero attached hydrogens (tertiary/aromatic N) is 5. The number of anilines is 2. The van der Waals surface area contributed by atoms with Crippen LogP contribution in [0.5, 0.6) is 0 Å². The highest BCUT2D eigenvalue weighted by molar-refractivity contribution is 5.96. The van der Waals surface area contributed by atoms with Crippen LogP contribution in [0.2, 0.25) is 0 Å². The van der Waals surface area contributed by atoms with E-state index in [4.69, 9.17) is 24.4 Å². The first kappa shape index (κ1) is 21.4. The van der Waals surface area contributed by atoms with E-state index >= 15 is 0 Å². The van der Waals surface area contributed by atoms with Crippen LogP contribution >= 0.6 is 0 Å². The Kier molecular flexibility index (Phi) is 5.38. The number of aromatic nitrogens is 5. The first-order chi connectivity index (χ1) is 16.6. The molecule has 0 bridgehead atoms. The second kappa shape index (κ2) is 8.56. The summed E-state index contributed by atoms with van der Waals surface area (Å²) in [6.45, 7) is 10.9. The van der Waals surface area contributed by atoms with Gasteiger partial charge < -0.3 is 29.2 Å². The average Bonchev–Trinajstić information content (AvgIpc) is 3.51. The first-order valence-electron chi connectivity index (χ1n) is 12.1. The number of fused-ring (bicyclic) bond motifs is 2. The van der Waals surface area contributed by atoms with Crippen molar-refractivity contribution in [1.82, 2.24) is 24.9 Å². The number of aromatic amines is 2. The maximum absolute atomic E-state index is 5.79. The molecule has 2 saturated heterocycles. The topological polar surface area (TPSA) is 95.2 Å². The summed E-state index contributed by atoms with van der Waals surface area (Å²) in [5.41, 5.74) is 3.69. The molecule has 1 aromatic carbocycles. The summed E-state index contributed by atoms with van der Waals surface area (Å²) >= 11 is 0. The Morgan fingerprint density at radius 1 is 1.00 bits per heavy atom. The summed E-state index contributed by atoms with van der Waals surface area (Å²) < 4.78 is 11.5. The minimum absolute atomic E-state index is 0.207. The van der Waals surface area contributed by atoms with Gasteiger partial charge in [0.25, 0.3) is 0 Å². The van der Waals surface area contributed by atoms with E-state index in [9.17, 15) is 0 Å². The van der Waals surface area contributed by atoms with Crippen LogP contribution in [0.1, 0.15) is 20.8 Å². The number of nitrogens with one attached hydrogen (secondary N) is 2. The molecule has 2 aliphatic rings. The van der Waals surface area contributed by atoms with Crippen molar-refractivity contribution in [1.29, 1.82) is 0 Å². The minimum atomic E-state index is 0.207. The Bertz CT molecular complexity index is 1310. The van der Waals surface area contributed by atoms with Crippen LogP contribution in [0.25, 0.3) is 33.5 Å². The molecular weight excluding hydrogens is 430 g/mol. The van der Waals surface area contributed by atoms with Gasteiger partial charge in [0.2, 0.25) is 5.95 Å². The van der Waals surface area contributed by atoms with E-state index in [2.05, 4.69) is 58.7 Å². The molecule has 2 atom stereocenters. The van der Waals surface area contributed by atoms with Crippen molar-refractivity contribution in [2.75, 3.05) is 49.3 Å². The van der Waals surface area contributed by atoms with Crippen molar-refractivity contribution in [3.63, 3.8) is 0 Å². The molecule has 0 unspecified atom stereocenters. The number of hydrogen-bond donors (Lipinski definition) is 2. The summed E-state index contributed by atoms with van der Waals surface area (Å²) in [4.78, 5) is 26.6. The Balaban J connectivity index is 1.52. The molecule has 4 aromatic rings. The summed E-state index contributed by atoms with van der Waals surface area (Å²) in [5, 5.41) is 1.13. The van der Waals surface area contributed by atoms with Crippen molar-refractivity contribution in [2.45, 2.75) is 32.9 Å². The monoisotopic (exact) mass is 461 g/mol. The van der Waals surface area contributed by atoms with Gasteiger partial charge >= 0.3 is 0 Å². The average molecular weight is 462 g/mol. The van der Waals surface area contributed by atoms with Gasteiger partial charge in [-0.25, -0.2) is 4.98 Å². The largest absolute Gasteiger partial charge is 0.377 e. The zero-order valence-corrected chi connectivity index (χ0v) is 19.9. The van der Waals surface area contributed by atoms with Crippen LogP contribution in [-0.2, 0) is 9.47 Å². The molecule has 0 radical (unpaired) electrons. The van der Waals surface area contributed by atoms with E-state index in [-0.39, 0.29) is 12.1 Å². The number of ether oxygens (including phenoxy) is 2. The van der Waals surface area contributed by atoms with Gasteiger partial charge in [-0.15, -0.1) is 0 Å². The third-order valence-corrected chi connectivity index (χ3v) is 7.00. The van der Waals surface area contributed by atoms with Crippen LogP contribution < -0.4 is 9.80 Å². The summed E-state index contributed by atoms with van der Waals surface area (Å²) in [6, 6.07) is 8.74. The molecule has 178 valence electrons. The minimum Gasteiger partial charge on any atom is -0.377 e. The van der Waals surface area contributed by atoms with Gasteiger partial charge in [0.1, 0.15) is 5.82 Å². The SMILES string of the molecule is CC(C)[C@@H]1COCCN1c1nc(N2CCOC[C@H]2C)c2nc(-c3cccc4[nH]ccc34)[nH]c2n1. The molecule has 0 amide bonds. The van der Waals surface area contributed by atoms with Crippen LogP contribution in [0.15, 0.2) is 30.5 Å². The normalized spacial score (nSPS) is 21.8. The van der Waals surface area contributed by atoms with E-state index in [1.807, 2.05) is 12.3 Å². The Hall–Kier alpha value is -3.17. The Morgan fingerprint density at radius 3 is 2.65 bits per heavy atom. The summed E-state index contributed by atoms with van der Waals surface area (Å²) in [7, 11) is 0. The lowest BCUT2D eigenvalue weighted by atomic mass is 10.0. The number of imidazole rings is 1. The van der Waals surface area contributed by atoms with Gasteiger partial charge in [-0.1, -0.05) is 26.0 Å². The molecule has 5 heterocycles. The van der Waals surface area contributed by atoms with Crippen LogP contribution in [0.3, 0.4) is 0 Å². The maximum atomic E-state index is 5.79. The predicted octanol–water partition coefficient (Wildman–Crippen LogP) is 3.59. The fourth-order valence-corrected chi connectivity index (χ4v) is 5.09. The molecule has 0 saturated carbocycles. The molecule has 2 aliphatic heterocycles. The van der Waals surface area contributed by atoms with Gasteiger partial charge in [-0.2, -0.15) is 9.97 Å². The highest BCUT2D eigenvalue weighted by Gasteiger charge is 2.31. The Labute approximate surface area is 198 Å². The lowest BCUT2D eigenvalue weighted by Gasteiger charge is -2.39. The molecule has 3 aromatic heterocycles. The number of H-pyrrole nitrogens is 2. The zero-order chi connectivity index (χ0) is 23.2. The Morgan fingerprint density at radius 2 is 1.82 bits per heavy atom. The molecular formula is C25H31N7O2. The van der Waals surface area contributed by atoms with E-state index in [1.54, 1.807) is 0 Å². The molecule has 2 N–H and O–H groups in total. The third-order valence-electron chi connectivity index (χ3n) is 7.00. The fourth-order valence-electron chi connectivity index (χ4n) is 5.09. The van der Waals surface area contributed by atoms with Crippen molar-refractivity contribution < 1.29 is 9.47 Å². The van der Waals surface area contributed by atoms with Crippen molar-refractivity contribution in [3.8, 4) is 11.4 Å². The van der Waals surface area contributed by atoms with Crippen molar-refractivity contribution in [3.05, 3.63) is 30.5 Å². The fraction of sp³-hybridized carbons (Fsp3) is 0.480. The summed E-state index contributed by atoms with van der Waals surface area (Å²) in [6.07, 6.45) is 1.96. The maximum Gasteiger partial charge on any atom is 0.229 e. The van der Waals surface area contributed by atoms with Crippen LogP contribution in [0, 0.1) is 5.92 Å². The zero-order valence-electron chi connectivity index (χ0n) is 19.9.